The van der Waals surface area contributed by atoms with Crippen LogP contribution >= 0.6 is 0 Å². The zero-order chi connectivity index (χ0) is 31.6. The fraction of sp³-hybridized carbons (Fsp3) is 0.333. The van der Waals surface area contributed by atoms with Crippen molar-refractivity contribution in [3.63, 3.8) is 0 Å². The summed E-state index contributed by atoms with van der Waals surface area (Å²) in [5.41, 5.74) is 5.94. The lowest BCUT2D eigenvalue weighted by molar-refractivity contribution is -0.123. The van der Waals surface area contributed by atoms with Gasteiger partial charge in [-0.3, -0.25) is 4.79 Å². The smallest absolute Gasteiger partial charge is 0.410 e. The number of amides is 2. The van der Waals surface area contributed by atoms with Crippen LogP contribution in [0.15, 0.2) is 84.9 Å². The largest absolute Gasteiger partial charge is 0.508 e. The van der Waals surface area contributed by atoms with Crippen molar-refractivity contribution in [3.8, 4) is 11.5 Å². The molecule has 0 spiro atoms. The van der Waals surface area contributed by atoms with Crippen molar-refractivity contribution in [2.75, 3.05) is 33.8 Å². The van der Waals surface area contributed by atoms with Gasteiger partial charge in [0, 0.05) is 26.7 Å². The summed E-state index contributed by atoms with van der Waals surface area (Å²) < 4.78 is 11.7. The molecule has 3 aromatic carbocycles. The number of nitrogens with zero attached hydrogens (tertiary/aromatic N) is 2. The monoisotopic (exact) mass is 584 g/mol. The van der Waals surface area contributed by atoms with E-state index in [0.29, 0.717) is 5.75 Å². The molecule has 0 radical (unpaired) electrons. The number of aryl methyl sites for hydroxylation is 1. The van der Waals surface area contributed by atoms with E-state index in [2.05, 4.69) is 32.0 Å². The maximum Gasteiger partial charge on any atom is 0.410 e. The van der Waals surface area contributed by atoms with Crippen LogP contribution in [0.4, 0.5) is 4.79 Å². The van der Waals surface area contributed by atoms with Gasteiger partial charge in [0.2, 0.25) is 5.91 Å². The highest BCUT2D eigenvalue weighted by molar-refractivity contribution is 5.99. The Balaban J connectivity index is 1.84. The van der Waals surface area contributed by atoms with Crippen LogP contribution in [-0.2, 0) is 9.53 Å². The van der Waals surface area contributed by atoms with Crippen LogP contribution in [0.25, 0.3) is 11.1 Å². The van der Waals surface area contributed by atoms with E-state index in [1.807, 2.05) is 63.2 Å². The molecule has 43 heavy (non-hydrogen) atoms. The van der Waals surface area contributed by atoms with E-state index in [1.54, 1.807) is 32.3 Å². The van der Waals surface area contributed by atoms with Gasteiger partial charge in [0.15, 0.2) is 0 Å². The topological polar surface area (TPSA) is 79.3 Å². The lowest BCUT2D eigenvalue weighted by atomic mass is 9.86. The van der Waals surface area contributed by atoms with Crippen LogP contribution < -0.4 is 4.74 Å². The molecular weight excluding hydrogens is 540 g/mol. The van der Waals surface area contributed by atoms with Gasteiger partial charge in [-0.05, 0) is 91.8 Å². The molecule has 0 saturated carbocycles. The van der Waals surface area contributed by atoms with Crippen LogP contribution in [0.2, 0.25) is 0 Å². The molecule has 1 N–H and O–H groups in total. The highest BCUT2D eigenvalue weighted by Gasteiger charge is 2.22. The van der Waals surface area contributed by atoms with Gasteiger partial charge in [0.25, 0.3) is 0 Å². The molecule has 0 fully saturated rings. The molecule has 0 heterocycles. The molecule has 3 aromatic rings. The average molecular weight is 585 g/mol. The standard InChI is InChI=1S/C36H44N2O5/c1-8-31(27-13-10-9-11-14-27)34(28-16-18-29(39)19-17-28)32-21-20-30(25-26(32)2)42-24-23-38(35(41)43-36(3,4)5)22-12-15-33(40)37(6)7/h9-21,25,39H,8,22-24H2,1-7H3/b15-12+,34-31-. The summed E-state index contributed by atoms with van der Waals surface area (Å²) in [5, 5.41) is 9.93. The molecule has 0 aromatic heterocycles. The van der Waals surface area contributed by atoms with E-state index in [9.17, 15) is 14.7 Å². The van der Waals surface area contributed by atoms with Crippen molar-refractivity contribution < 1.29 is 24.2 Å². The third-order valence-corrected chi connectivity index (χ3v) is 6.71. The Morgan fingerprint density at radius 2 is 1.60 bits per heavy atom. The van der Waals surface area contributed by atoms with Crippen molar-refractivity contribution in [1.29, 1.82) is 0 Å². The van der Waals surface area contributed by atoms with Crippen molar-refractivity contribution >= 4 is 23.1 Å². The molecule has 0 aliphatic rings. The van der Waals surface area contributed by atoms with Crippen LogP contribution in [0.5, 0.6) is 11.5 Å². The van der Waals surface area contributed by atoms with E-state index < -0.39 is 11.7 Å². The summed E-state index contributed by atoms with van der Waals surface area (Å²) in [5.74, 6) is 0.753. The minimum atomic E-state index is -0.647. The second-order valence-electron chi connectivity index (χ2n) is 11.5. The van der Waals surface area contributed by atoms with E-state index in [0.717, 1.165) is 34.2 Å². The SMILES string of the molecule is CC/C(=C(\c1ccc(O)cc1)c1ccc(OCCN(C/C=C/C(=O)N(C)C)C(=O)OC(C)(C)C)cc1C)c1ccccc1. The number of likely N-dealkylation sites (N-methyl/N-ethyl adjacent to an activating group) is 1. The predicted octanol–water partition coefficient (Wildman–Crippen LogP) is 7.33. The number of allylic oxidation sites excluding steroid dienone is 1. The molecule has 0 aliphatic heterocycles. The Hall–Kier alpha value is -4.52. The molecule has 2 amide bonds. The van der Waals surface area contributed by atoms with Crippen LogP contribution in [0.1, 0.15) is 56.4 Å². The number of hydrogen-bond acceptors (Lipinski definition) is 5. The number of aromatic hydroxyl groups is 1. The summed E-state index contributed by atoms with van der Waals surface area (Å²) in [6, 6.07) is 23.6. The summed E-state index contributed by atoms with van der Waals surface area (Å²) in [6.07, 6.45) is 3.45. The van der Waals surface area contributed by atoms with Crippen molar-refractivity contribution in [3.05, 3.63) is 107 Å². The first kappa shape index (κ1) is 33.0. The van der Waals surface area contributed by atoms with Gasteiger partial charge in [-0.15, -0.1) is 0 Å². The first-order valence-corrected chi connectivity index (χ1v) is 14.6. The molecule has 0 unspecified atom stereocenters. The van der Waals surface area contributed by atoms with Crippen molar-refractivity contribution in [1.82, 2.24) is 9.80 Å². The Morgan fingerprint density at radius 3 is 2.19 bits per heavy atom. The molecule has 0 atom stereocenters. The fourth-order valence-corrected chi connectivity index (χ4v) is 4.58. The van der Waals surface area contributed by atoms with E-state index in [4.69, 9.17) is 9.47 Å². The molecule has 0 bridgehead atoms. The lowest BCUT2D eigenvalue weighted by Gasteiger charge is -2.26. The summed E-state index contributed by atoms with van der Waals surface area (Å²) in [6.45, 7) is 10.4. The van der Waals surface area contributed by atoms with Gasteiger partial charge < -0.3 is 24.4 Å². The fourth-order valence-electron chi connectivity index (χ4n) is 4.58. The van der Waals surface area contributed by atoms with Gasteiger partial charge in [-0.25, -0.2) is 4.79 Å². The molecule has 228 valence electrons. The third-order valence-electron chi connectivity index (χ3n) is 6.71. The number of phenolic OH excluding ortho intramolecular Hbond substituents is 1. The number of hydrogen-bond donors (Lipinski definition) is 1. The Kier molecular flexibility index (Phi) is 11.6. The van der Waals surface area contributed by atoms with E-state index in [1.165, 1.54) is 21.4 Å². The maximum atomic E-state index is 12.8. The summed E-state index contributed by atoms with van der Waals surface area (Å²) >= 11 is 0. The summed E-state index contributed by atoms with van der Waals surface area (Å²) in [7, 11) is 3.35. The Bertz CT molecular complexity index is 1430. The third kappa shape index (κ3) is 9.77. The summed E-state index contributed by atoms with van der Waals surface area (Å²) in [4.78, 5) is 27.8. The molecule has 7 heteroatoms. The molecule has 3 rings (SSSR count). The van der Waals surface area contributed by atoms with Gasteiger partial charge in [0.05, 0.1) is 6.54 Å². The average Bonchev–Trinajstić information content (AvgIpc) is 2.95. The molecule has 0 saturated heterocycles. The number of benzene rings is 3. The second-order valence-corrected chi connectivity index (χ2v) is 11.5. The van der Waals surface area contributed by atoms with Gasteiger partial charge in [-0.2, -0.15) is 0 Å². The maximum absolute atomic E-state index is 12.8. The van der Waals surface area contributed by atoms with Gasteiger partial charge in [0.1, 0.15) is 23.7 Å². The number of phenols is 1. The van der Waals surface area contributed by atoms with Crippen LogP contribution in [0.3, 0.4) is 0 Å². The number of carbonyl (C=O) groups excluding carboxylic acids is 2. The predicted molar refractivity (Wildman–Crippen MR) is 173 cm³/mol. The van der Waals surface area contributed by atoms with E-state index in [-0.39, 0.29) is 31.4 Å². The number of rotatable bonds is 11. The number of carbonyl (C=O) groups is 2. The Labute approximate surface area is 256 Å². The highest BCUT2D eigenvalue weighted by Crippen LogP contribution is 2.37. The first-order chi connectivity index (χ1) is 20.4. The first-order valence-electron chi connectivity index (χ1n) is 14.6. The van der Waals surface area contributed by atoms with Gasteiger partial charge >= 0.3 is 6.09 Å². The van der Waals surface area contributed by atoms with Crippen molar-refractivity contribution in [2.24, 2.45) is 0 Å². The van der Waals surface area contributed by atoms with Crippen LogP contribution in [-0.4, -0.2) is 66.3 Å². The highest BCUT2D eigenvalue weighted by atomic mass is 16.6. The van der Waals surface area contributed by atoms with Gasteiger partial charge in [-0.1, -0.05) is 61.5 Å². The number of ether oxygens (including phenoxy) is 2. The Morgan fingerprint density at radius 1 is 0.930 bits per heavy atom. The quantitative estimate of drug-likeness (QED) is 0.189. The zero-order valence-corrected chi connectivity index (χ0v) is 26.4. The second kappa shape index (κ2) is 15.1. The zero-order valence-electron chi connectivity index (χ0n) is 26.4. The van der Waals surface area contributed by atoms with E-state index >= 15 is 0 Å². The lowest BCUT2D eigenvalue weighted by Crippen LogP contribution is -2.39. The molecular formula is C36H44N2O5. The minimum absolute atomic E-state index is 0.157. The van der Waals surface area contributed by atoms with Crippen LogP contribution in [0, 0.1) is 6.92 Å². The minimum Gasteiger partial charge on any atom is -0.508 e. The normalized spacial score (nSPS) is 12.1. The van der Waals surface area contributed by atoms with Crippen molar-refractivity contribution in [2.45, 2.75) is 46.6 Å². The molecule has 0 aliphatic carbocycles. The molecule has 7 nitrogen and oxygen atoms in total.